The second-order valence-corrected chi connectivity index (χ2v) is 9.03. The molecule has 2 aromatic rings. The van der Waals surface area contributed by atoms with Gasteiger partial charge in [-0.05, 0) is 68.4 Å². The van der Waals surface area contributed by atoms with E-state index in [9.17, 15) is 14.7 Å². The fourth-order valence-corrected chi connectivity index (χ4v) is 4.31. The molecule has 2 heterocycles. The van der Waals surface area contributed by atoms with E-state index in [4.69, 9.17) is 21.4 Å². The Morgan fingerprint density at radius 1 is 1.19 bits per heavy atom. The molecule has 1 aromatic heterocycles. The second kappa shape index (κ2) is 9.88. The molecule has 168 valence electrons. The molecule has 0 radical (unpaired) electrons. The maximum atomic E-state index is 11.8. The molecule has 2 N–H and O–H groups in total. The fraction of sp³-hybridized carbons (Fsp3) is 0.500. The van der Waals surface area contributed by atoms with Crippen molar-refractivity contribution in [2.45, 2.75) is 76.9 Å². The topological polar surface area (TPSA) is 88.8 Å². The Balaban J connectivity index is 1.45. The van der Waals surface area contributed by atoms with Crippen molar-refractivity contribution < 1.29 is 24.5 Å². The number of halogens is 1. The van der Waals surface area contributed by atoms with E-state index in [1.165, 1.54) is 16.7 Å². The van der Waals surface area contributed by atoms with E-state index < -0.39 is 30.1 Å². The highest BCUT2D eigenvalue weighted by atomic mass is 35.5. The highest BCUT2D eigenvalue weighted by Crippen LogP contribution is 2.31. The summed E-state index contributed by atoms with van der Waals surface area (Å²) in [6.45, 7) is 4.19. The number of esters is 1. The molecular formula is C24H30ClNO5. The lowest BCUT2D eigenvalue weighted by Gasteiger charge is -2.14. The number of rotatable bonds is 10. The number of unbranched alkanes of at least 4 members (excludes halogenated alkanes) is 3. The number of aliphatic hydroxyl groups is 1. The average molecular weight is 448 g/mol. The Hall–Kier alpha value is -2.31. The van der Waals surface area contributed by atoms with Gasteiger partial charge >= 0.3 is 11.9 Å². The number of aryl methyl sites for hydroxylation is 3. The summed E-state index contributed by atoms with van der Waals surface area (Å²) in [6, 6.07) is 6.02. The molecule has 0 spiro atoms. The Kier molecular flexibility index (Phi) is 7.44. The zero-order chi connectivity index (χ0) is 22.6. The van der Waals surface area contributed by atoms with Gasteiger partial charge in [0.1, 0.15) is 6.10 Å². The first-order valence-electron chi connectivity index (χ1n) is 10.8. The van der Waals surface area contributed by atoms with Gasteiger partial charge in [-0.1, -0.05) is 30.5 Å². The molecule has 0 unspecified atom stereocenters. The number of aromatic nitrogens is 1. The molecule has 1 saturated heterocycles. The van der Waals surface area contributed by atoms with Crippen molar-refractivity contribution in [1.29, 1.82) is 0 Å². The van der Waals surface area contributed by atoms with Crippen molar-refractivity contribution in [2.75, 3.05) is 0 Å². The summed E-state index contributed by atoms with van der Waals surface area (Å²) in [4.78, 5) is 22.6. The Bertz CT molecular complexity index is 934. The number of nitrogens with zero attached hydrogens (tertiary/aromatic N) is 1. The Morgan fingerprint density at radius 3 is 2.55 bits per heavy atom. The van der Waals surface area contributed by atoms with Crippen LogP contribution in [0.1, 0.15) is 61.6 Å². The van der Waals surface area contributed by atoms with E-state index in [0.717, 1.165) is 42.8 Å². The molecule has 0 saturated carbocycles. The van der Waals surface area contributed by atoms with Crippen LogP contribution in [0.15, 0.2) is 30.6 Å². The van der Waals surface area contributed by atoms with E-state index in [1.54, 1.807) is 0 Å². The number of carbonyl (C=O) groups excluding carboxylic acids is 1. The zero-order valence-electron chi connectivity index (χ0n) is 18.1. The first kappa shape index (κ1) is 23.4. The van der Waals surface area contributed by atoms with Crippen molar-refractivity contribution in [3.63, 3.8) is 0 Å². The molecule has 0 amide bonds. The minimum Gasteiger partial charge on any atom is -0.481 e. The molecule has 0 bridgehead atoms. The van der Waals surface area contributed by atoms with Gasteiger partial charge in [0, 0.05) is 29.5 Å². The van der Waals surface area contributed by atoms with Crippen molar-refractivity contribution in [2.24, 2.45) is 0 Å². The highest BCUT2D eigenvalue weighted by molar-refractivity contribution is 6.30. The molecular weight excluding hydrogens is 418 g/mol. The van der Waals surface area contributed by atoms with Crippen molar-refractivity contribution in [3.8, 4) is 5.69 Å². The highest BCUT2D eigenvalue weighted by Gasteiger charge is 2.48. The molecule has 7 heteroatoms. The summed E-state index contributed by atoms with van der Waals surface area (Å²) < 4.78 is 7.31. The third-order valence-electron chi connectivity index (χ3n) is 6.00. The first-order chi connectivity index (χ1) is 14.7. The minimum absolute atomic E-state index is 0.0575. The minimum atomic E-state index is -1.88. The van der Waals surface area contributed by atoms with Crippen LogP contribution in [-0.2, 0) is 20.7 Å². The van der Waals surface area contributed by atoms with Crippen LogP contribution in [0, 0.1) is 13.8 Å². The zero-order valence-corrected chi connectivity index (χ0v) is 18.8. The standard InChI is InChI=1S/C24H30ClNO5/c1-16-14-26(15-17(16)2)21-11-19(25)10-9-18(21)7-5-3-4-6-8-20-12-24(30,13-22(27)28)23(29)31-20/h9-11,14-15,20,30H,3-8,12-13H2,1-2H3,(H,27,28)/t20-,24+/m1/s1. The molecule has 1 fully saturated rings. The lowest BCUT2D eigenvalue weighted by molar-refractivity contribution is -0.160. The summed E-state index contributed by atoms with van der Waals surface area (Å²) in [5, 5.41) is 19.7. The van der Waals surface area contributed by atoms with Gasteiger partial charge in [0.05, 0.1) is 6.42 Å². The van der Waals surface area contributed by atoms with Crippen LogP contribution in [0.2, 0.25) is 5.02 Å². The van der Waals surface area contributed by atoms with E-state index in [0.29, 0.717) is 6.42 Å². The molecule has 0 aliphatic carbocycles. The molecule has 2 atom stereocenters. The van der Waals surface area contributed by atoms with Gasteiger partial charge in [-0.3, -0.25) is 4.79 Å². The summed E-state index contributed by atoms with van der Waals surface area (Å²) in [5.74, 6) is -2.02. The van der Waals surface area contributed by atoms with Gasteiger partial charge in [-0.2, -0.15) is 0 Å². The summed E-state index contributed by atoms with van der Waals surface area (Å²) >= 11 is 6.24. The summed E-state index contributed by atoms with van der Waals surface area (Å²) in [7, 11) is 0. The van der Waals surface area contributed by atoms with Crippen molar-refractivity contribution in [3.05, 3.63) is 52.3 Å². The van der Waals surface area contributed by atoms with E-state index in [-0.39, 0.29) is 6.42 Å². The number of carboxylic acids is 1. The number of carbonyl (C=O) groups is 2. The molecule has 31 heavy (non-hydrogen) atoms. The molecule has 1 aliphatic rings. The van der Waals surface area contributed by atoms with Gasteiger partial charge in [-0.25, -0.2) is 4.79 Å². The predicted molar refractivity (Wildman–Crippen MR) is 119 cm³/mol. The second-order valence-electron chi connectivity index (χ2n) is 8.59. The van der Waals surface area contributed by atoms with Crippen LogP contribution < -0.4 is 0 Å². The van der Waals surface area contributed by atoms with E-state index >= 15 is 0 Å². The van der Waals surface area contributed by atoms with Gasteiger partial charge in [0.15, 0.2) is 5.60 Å². The van der Waals surface area contributed by atoms with Gasteiger partial charge < -0.3 is 19.5 Å². The van der Waals surface area contributed by atoms with Crippen LogP contribution in [0.3, 0.4) is 0 Å². The van der Waals surface area contributed by atoms with Gasteiger partial charge in [-0.15, -0.1) is 0 Å². The van der Waals surface area contributed by atoms with Crippen molar-refractivity contribution >= 4 is 23.5 Å². The number of ether oxygens (including phenoxy) is 1. The number of cyclic esters (lactones) is 1. The fourth-order valence-electron chi connectivity index (χ4n) is 4.15. The number of carboxylic acid groups (broad SMARTS) is 1. The van der Waals surface area contributed by atoms with Gasteiger partial charge in [0.25, 0.3) is 0 Å². The third-order valence-corrected chi connectivity index (χ3v) is 6.23. The summed E-state index contributed by atoms with van der Waals surface area (Å²) in [6.07, 6.45) is 8.79. The predicted octanol–water partition coefficient (Wildman–Crippen LogP) is 4.76. The number of hydrogen-bond donors (Lipinski definition) is 2. The summed E-state index contributed by atoms with van der Waals surface area (Å²) in [5.41, 5.74) is 2.97. The van der Waals surface area contributed by atoms with Crippen LogP contribution in [0.25, 0.3) is 5.69 Å². The van der Waals surface area contributed by atoms with E-state index in [1.807, 2.05) is 12.1 Å². The lowest BCUT2D eigenvalue weighted by atomic mass is 9.93. The van der Waals surface area contributed by atoms with Crippen LogP contribution >= 0.6 is 11.6 Å². The Morgan fingerprint density at radius 2 is 1.87 bits per heavy atom. The lowest BCUT2D eigenvalue weighted by Crippen LogP contribution is -2.36. The average Bonchev–Trinajstić information content (AvgIpc) is 3.16. The molecule has 3 rings (SSSR count). The number of hydrogen-bond acceptors (Lipinski definition) is 4. The van der Waals surface area contributed by atoms with Gasteiger partial charge in [0.2, 0.25) is 0 Å². The van der Waals surface area contributed by atoms with Crippen molar-refractivity contribution in [1.82, 2.24) is 4.57 Å². The maximum Gasteiger partial charge on any atom is 0.339 e. The Labute approximate surface area is 187 Å². The van der Waals surface area contributed by atoms with Crippen LogP contribution in [0.5, 0.6) is 0 Å². The largest absolute Gasteiger partial charge is 0.481 e. The molecule has 1 aromatic carbocycles. The number of aliphatic carboxylic acids is 1. The SMILES string of the molecule is Cc1cn(-c2cc(Cl)ccc2CCCCCC[C@@H]2C[C@](O)(CC(=O)O)C(=O)O2)cc1C. The molecule has 1 aliphatic heterocycles. The normalized spacial score (nSPS) is 20.8. The third kappa shape index (κ3) is 5.89. The number of benzene rings is 1. The maximum absolute atomic E-state index is 11.8. The smallest absolute Gasteiger partial charge is 0.339 e. The quantitative estimate of drug-likeness (QED) is 0.405. The van der Waals surface area contributed by atoms with Crippen LogP contribution in [-0.4, -0.2) is 38.4 Å². The first-order valence-corrected chi connectivity index (χ1v) is 11.1. The van der Waals surface area contributed by atoms with E-state index in [2.05, 4.69) is 36.9 Å². The van der Waals surface area contributed by atoms with Crippen LogP contribution in [0.4, 0.5) is 0 Å². The molecule has 6 nitrogen and oxygen atoms in total. The monoisotopic (exact) mass is 447 g/mol.